The first kappa shape index (κ1) is 7.50. The topological polar surface area (TPSA) is 42.2 Å². The lowest BCUT2D eigenvalue weighted by Gasteiger charge is -2.06. The van der Waals surface area contributed by atoms with Crippen molar-refractivity contribution in [1.29, 1.82) is 0 Å². The van der Waals surface area contributed by atoms with Gasteiger partial charge in [0.15, 0.2) is 0 Å². The van der Waals surface area contributed by atoms with Gasteiger partial charge in [0, 0.05) is 6.54 Å². The van der Waals surface area contributed by atoms with Gasteiger partial charge in [-0.3, -0.25) is 0 Å². The fraction of sp³-hybridized carbons (Fsp3) is 0.500. The first-order valence-corrected chi connectivity index (χ1v) is 3.90. The van der Waals surface area contributed by atoms with Gasteiger partial charge in [-0.15, -0.1) is 11.3 Å². The second-order valence-corrected chi connectivity index (χ2v) is 3.29. The molecule has 0 atom stereocenters. The zero-order valence-corrected chi connectivity index (χ0v) is 6.98. The molecule has 0 bridgehead atoms. The number of aromatic nitrogens is 1. The van der Waals surface area contributed by atoms with Crippen molar-refractivity contribution in [1.82, 2.24) is 9.88 Å². The Hall–Kier alpha value is -0.610. The van der Waals surface area contributed by atoms with Crippen molar-refractivity contribution in [2.45, 2.75) is 6.54 Å². The van der Waals surface area contributed by atoms with E-state index in [2.05, 4.69) is 4.98 Å². The Balaban J connectivity index is 2.65. The highest BCUT2D eigenvalue weighted by Gasteiger charge is 2.01. The average molecular weight is 157 g/mol. The van der Waals surface area contributed by atoms with E-state index in [0.29, 0.717) is 0 Å². The van der Waals surface area contributed by atoms with Crippen LogP contribution in [-0.2, 0) is 6.54 Å². The van der Waals surface area contributed by atoms with Gasteiger partial charge in [0.05, 0.1) is 11.2 Å². The Kier molecular flexibility index (Phi) is 2.24. The molecule has 0 unspecified atom stereocenters. The Bertz CT molecular complexity index is 207. The van der Waals surface area contributed by atoms with Crippen LogP contribution in [-0.4, -0.2) is 24.0 Å². The summed E-state index contributed by atoms with van der Waals surface area (Å²) in [4.78, 5) is 6.15. The standard InChI is InChI=1S/C6H11N3S/c1-9(2)3-5-6(7)10-4-8-5/h4H,3,7H2,1-2H3. The van der Waals surface area contributed by atoms with Crippen molar-refractivity contribution in [3.8, 4) is 0 Å². The number of nitrogens with two attached hydrogens (primary N) is 1. The lowest BCUT2D eigenvalue weighted by Crippen LogP contribution is -2.11. The van der Waals surface area contributed by atoms with Crippen LogP contribution in [0.15, 0.2) is 5.51 Å². The highest BCUT2D eigenvalue weighted by molar-refractivity contribution is 7.13. The van der Waals surface area contributed by atoms with Crippen LogP contribution in [0.5, 0.6) is 0 Å². The first-order valence-electron chi connectivity index (χ1n) is 3.02. The minimum absolute atomic E-state index is 0.828. The maximum atomic E-state index is 5.62. The number of nitrogens with zero attached hydrogens (tertiary/aromatic N) is 2. The van der Waals surface area contributed by atoms with E-state index in [4.69, 9.17) is 5.73 Å². The number of thiazole rings is 1. The predicted octanol–water partition coefficient (Wildman–Crippen LogP) is 0.787. The molecule has 1 heterocycles. The number of hydrogen-bond acceptors (Lipinski definition) is 4. The van der Waals surface area contributed by atoms with Crippen molar-refractivity contribution < 1.29 is 0 Å². The van der Waals surface area contributed by atoms with E-state index in [9.17, 15) is 0 Å². The first-order chi connectivity index (χ1) is 4.70. The molecule has 0 saturated heterocycles. The molecule has 0 aliphatic rings. The van der Waals surface area contributed by atoms with Gasteiger partial charge in [-0.1, -0.05) is 0 Å². The fourth-order valence-corrected chi connectivity index (χ4v) is 1.24. The van der Waals surface area contributed by atoms with Crippen LogP contribution in [0, 0.1) is 0 Å². The molecule has 3 nitrogen and oxygen atoms in total. The maximum absolute atomic E-state index is 5.62. The van der Waals surface area contributed by atoms with E-state index in [1.165, 1.54) is 11.3 Å². The lowest BCUT2D eigenvalue weighted by molar-refractivity contribution is 0.398. The Morgan fingerprint density at radius 3 is 2.80 bits per heavy atom. The minimum atomic E-state index is 0.828. The van der Waals surface area contributed by atoms with Crippen molar-refractivity contribution in [3.05, 3.63) is 11.2 Å². The van der Waals surface area contributed by atoms with Crippen LogP contribution in [0.2, 0.25) is 0 Å². The number of anilines is 1. The summed E-state index contributed by atoms with van der Waals surface area (Å²) < 4.78 is 0. The molecule has 1 rings (SSSR count). The normalized spacial score (nSPS) is 10.7. The summed E-state index contributed by atoms with van der Waals surface area (Å²) in [5.41, 5.74) is 8.37. The zero-order valence-electron chi connectivity index (χ0n) is 6.16. The summed E-state index contributed by atoms with van der Waals surface area (Å²) in [6.07, 6.45) is 0. The monoisotopic (exact) mass is 157 g/mol. The largest absolute Gasteiger partial charge is 0.389 e. The molecule has 0 saturated carbocycles. The number of rotatable bonds is 2. The second kappa shape index (κ2) is 2.98. The van der Waals surface area contributed by atoms with E-state index in [0.717, 1.165) is 17.2 Å². The molecular weight excluding hydrogens is 146 g/mol. The van der Waals surface area contributed by atoms with Gasteiger partial charge in [0.1, 0.15) is 5.00 Å². The second-order valence-electron chi connectivity index (χ2n) is 2.40. The average Bonchev–Trinajstić information content (AvgIpc) is 2.15. The van der Waals surface area contributed by atoms with E-state index in [1.807, 2.05) is 19.0 Å². The van der Waals surface area contributed by atoms with Crippen molar-refractivity contribution in [2.75, 3.05) is 19.8 Å². The highest BCUT2D eigenvalue weighted by Crippen LogP contribution is 2.15. The van der Waals surface area contributed by atoms with Crippen molar-refractivity contribution in [3.63, 3.8) is 0 Å². The molecule has 4 heteroatoms. The van der Waals surface area contributed by atoms with Crippen LogP contribution in [0.25, 0.3) is 0 Å². The number of hydrogen-bond donors (Lipinski definition) is 1. The summed E-state index contributed by atoms with van der Waals surface area (Å²) in [6.45, 7) is 0.829. The van der Waals surface area contributed by atoms with Crippen molar-refractivity contribution in [2.24, 2.45) is 0 Å². The van der Waals surface area contributed by atoms with Crippen LogP contribution >= 0.6 is 11.3 Å². The van der Waals surface area contributed by atoms with E-state index in [1.54, 1.807) is 5.51 Å². The summed E-state index contributed by atoms with van der Waals surface area (Å²) in [5.74, 6) is 0. The molecule has 0 amide bonds. The highest BCUT2D eigenvalue weighted by atomic mass is 32.1. The Labute approximate surface area is 64.5 Å². The van der Waals surface area contributed by atoms with E-state index >= 15 is 0 Å². The van der Waals surface area contributed by atoms with Gasteiger partial charge in [0.25, 0.3) is 0 Å². The molecule has 0 aliphatic heterocycles. The molecule has 0 aromatic carbocycles. The van der Waals surface area contributed by atoms with Crippen LogP contribution in [0.4, 0.5) is 5.00 Å². The van der Waals surface area contributed by atoms with Crippen LogP contribution < -0.4 is 5.73 Å². The molecular formula is C6H11N3S. The van der Waals surface area contributed by atoms with Crippen LogP contribution in [0.3, 0.4) is 0 Å². The maximum Gasteiger partial charge on any atom is 0.110 e. The smallest absolute Gasteiger partial charge is 0.110 e. The fourth-order valence-electron chi connectivity index (χ4n) is 0.697. The third-order valence-corrected chi connectivity index (χ3v) is 1.84. The predicted molar refractivity (Wildman–Crippen MR) is 43.9 cm³/mol. The molecule has 0 aliphatic carbocycles. The van der Waals surface area contributed by atoms with E-state index < -0.39 is 0 Å². The van der Waals surface area contributed by atoms with Gasteiger partial charge in [-0.25, -0.2) is 4.98 Å². The Morgan fingerprint density at radius 2 is 2.40 bits per heavy atom. The SMILES string of the molecule is CN(C)Cc1ncsc1N. The third kappa shape index (κ3) is 1.68. The molecule has 0 radical (unpaired) electrons. The van der Waals surface area contributed by atoms with Gasteiger partial charge >= 0.3 is 0 Å². The molecule has 10 heavy (non-hydrogen) atoms. The van der Waals surface area contributed by atoms with Gasteiger partial charge < -0.3 is 10.6 Å². The Morgan fingerprint density at radius 1 is 1.70 bits per heavy atom. The zero-order chi connectivity index (χ0) is 7.56. The minimum Gasteiger partial charge on any atom is -0.389 e. The van der Waals surface area contributed by atoms with E-state index in [-0.39, 0.29) is 0 Å². The molecule has 1 aromatic heterocycles. The molecule has 0 spiro atoms. The summed E-state index contributed by atoms with van der Waals surface area (Å²) in [7, 11) is 4.00. The summed E-state index contributed by atoms with van der Waals surface area (Å²) >= 11 is 1.49. The molecule has 0 fully saturated rings. The van der Waals surface area contributed by atoms with Crippen molar-refractivity contribution >= 4 is 16.3 Å². The lowest BCUT2D eigenvalue weighted by atomic mass is 10.4. The number of nitrogen functional groups attached to an aromatic ring is 1. The van der Waals surface area contributed by atoms with Crippen LogP contribution in [0.1, 0.15) is 5.69 Å². The molecule has 2 N–H and O–H groups in total. The van der Waals surface area contributed by atoms with Gasteiger partial charge in [0.2, 0.25) is 0 Å². The molecule has 56 valence electrons. The summed E-state index contributed by atoms with van der Waals surface area (Å²) in [5, 5.41) is 0.828. The van der Waals surface area contributed by atoms with Gasteiger partial charge in [-0.05, 0) is 14.1 Å². The van der Waals surface area contributed by atoms with Gasteiger partial charge in [-0.2, -0.15) is 0 Å². The quantitative estimate of drug-likeness (QED) is 0.690. The summed E-state index contributed by atoms with van der Waals surface area (Å²) in [6, 6.07) is 0. The third-order valence-electron chi connectivity index (χ3n) is 1.14. The molecule has 1 aromatic rings.